The molecule has 3 aromatic rings. The van der Waals surface area contributed by atoms with Crippen LogP contribution >= 0.6 is 0 Å². The number of hydrogen-bond donors (Lipinski definition) is 1. The van der Waals surface area contributed by atoms with E-state index in [9.17, 15) is 5.11 Å². The number of rotatable bonds is 1. The monoisotopic (exact) mass is 236 g/mol. The molecule has 0 fully saturated rings. The Morgan fingerprint density at radius 2 is 1.33 bits per heavy atom. The van der Waals surface area contributed by atoms with Gasteiger partial charge in [-0.2, -0.15) is 0 Å². The minimum Gasteiger partial charge on any atom is -0.508 e. The van der Waals surface area contributed by atoms with Gasteiger partial charge in [0.15, 0.2) is 0 Å². The van der Waals surface area contributed by atoms with Crippen LogP contribution in [-0.4, -0.2) is 5.11 Å². The van der Waals surface area contributed by atoms with Gasteiger partial charge in [0, 0.05) is 0 Å². The standard InChI is InChI=1S/C17H16O/c1-11(2)16-9-14-7-12-5-3-4-6-13(12)8-15(14)10-17(16)18/h3-11,18H,1-2H3. The smallest absolute Gasteiger partial charge is 0.119 e. The van der Waals surface area contributed by atoms with Crippen LogP contribution in [0.2, 0.25) is 0 Å². The first kappa shape index (κ1) is 11.1. The average Bonchev–Trinajstić information content (AvgIpc) is 2.35. The van der Waals surface area contributed by atoms with Crippen LogP contribution in [0.15, 0.2) is 48.5 Å². The van der Waals surface area contributed by atoms with Gasteiger partial charge in [0.2, 0.25) is 0 Å². The van der Waals surface area contributed by atoms with E-state index in [-0.39, 0.29) is 0 Å². The number of phenolic OH excluding ortho intramolecular Hbond substituents is 1. The lowest BCUT2D eigenvalue weighted by molar-refractivity contribution is 0.466. The zero-order chi connectivity index (χ0) is 12.7. The summed E-state index contributed by atoms with van der Waals surface area (Å²) in [4.78, 5) is 0. The fraction of sp³-hybridized carbons (Fsp3) is 0.176. The second-order valence-corrected chi connectivity index (χ2v) is 5.11. The van der Waals surface area contributed by atoms with Gasteiger partial charge in [-0.1, -0.05) is 38.1 Å². The zero-order valence-electron chi connectivity index (χ0n) is 10.6. The third kappa shape index (κ3) is 1.72. The van der Waals surface area contributed by atoms with Crippen molar-refractivity contribution in [1.82, 2.24) is 0 Å². The van der Waals surface area contributed by atoms with Crippen LogP contribution in [0.5, 0.6) is 5.75 Å². The van der Waals surface area contributed by atoms with E-state index in [1.54, 1.807) is 0 Å². The van der Waals surface area contributed by atoms with Crippen molar-refractivity contribution >= 4 is 21.5 Å². The topological polar surface area (TPSA) is 20.2 Å². The first-order valence-corrected chi connectivity index (χ1v) is 6.30. The molecule has 3 aromatic carbocycles. The highest BCUT2D eigenvalue weighted by molar-refractivity contribution is 5.99. The van der Waals surface area contributed by atoms with Crippen molar-refractivity contribution in [2.45, 2.75) is 19.8 Å². The van der Waals surface area contributed by atoms with Gasteiger partial charge in [0.25, 0.3) is 0 Å². The molecular formula is C17H16O. The Labute approximate surface area is 107 Å². The van der Waals surface area contributed by atoms with Gasteiger partial charge < -0.3 is 5.11 Å². The lowest BCUT2D eigenvalue weighted by atomic mass is 9.96. The van der Waals surface area contributed by atoms with Crippen LogP contribution in [0.1, 0.15) is 25.3 Å². The maximum atomic E-state index is 10.1. The van der Waals surface area contributed by atoms with Gasteiger partial charge in [-0.15, -0.1) is 0 Å². The lowest BCUT2D eigenvalue weighted by Gasteiger charge is -2.11. The number of aromatic hydroxyl groups is 1. The van der Waals surface area contributed by atoms with E-state index in [0.29, 0.717) is 11.7 Å². The Hall–Kier alpha value is -2.02. The van der Waals surface area contributed by atoms with Crippen molar-refractivity contribution < 1.29 is 5.11 Å². The van der Waals surface area contributed by atoms with E-state index in [1.807, 2.05) is 12.1 Å². The van der Waals surface area contributed by atoms with Crippen molar-refractivity contribution in [1.29, 1.82) is 0 Å². The highest BCUT2D eigenvalue weighted by Gasteiger charge is 2.08. The number of benzene rings is 3. The molecule has 0 aliphatic heterocycles. The van der Waals surface area contributed by atoms with Gasteiger partial charge in [-0.25, -0.2) is 0 Å². The summed E-state index contributed by atoms with van der Waals surface area (Å²) >= 11 is 0. The summed E-state index contributed by atoms with van der Waals surface area (Å²) in [5.74, 6) is 0.730. The fourth-order valence-electron chi connectivity index (χ4n) is 2.46. The maximum absolute atomic E-state index is 10.1. The third-order valence-corrected chi connectivity index (χ3v) is 3.47. The van der Waals surface area contributed by atoms with E-state index in [4.69, 9.17) is 0 Å². The molecule has 0 radical (unpaired) electrons. The minimum atomic E-state index is 0.334. The molecule has 1 N–H and O–H groups in total. The quantitative estimate of drug-likeness (QED) is 0.600. The Kier molecular flexibility index (Phi) is 2.48. The predicted molar refractivity (Wildman–Crippen MR) is 77.2 cm³/mol. The molecule has 0 aromatic heterocycles. The molecule has 0 aliphatic carbocycles. The van der Waals surface area contributed by atoms with Gasteiger partial charge in [0.1, 0.15) is 5.75 Å². The summed E-state index contributed by atoms with van der Waals surface area (Å²) in [5, 5.41) is 14.8. The van der Waals surface area contributed by atoms with Crippen LogP contribution in [0.25, 0.3) is 21.5 Å². The van der Waals surface area contributed by atoms with Gasteiger partial charge >= 0.3 is 0 Å². The van der Waals surface area contributed by atoms with Crippen LogP contribution in [-0.2, 0) is 0 Å². The summed E-state index contributed by atoms with van der Waals surface area (Å²) in [6.07, 6.45) is 0. The SMILES string of the molecule is CC(C)c1cc2cc3ccccc3cc2cc1O. The molecule has 0 atom stereocenters. The average molecular weight is 236 g/mol. The third-order valence-electron chi connectivity index (χ3n) is 3.47. The Morgan fingerprint density at radius 1 is 0.778 bits per heavy atom. The lowest BCUT2D eigenvalue weighted by Crippen LogP contribution is -1.88. The van der Waals surface area contributed by atoms with Gasteiger partial charge in [-0.05, 0) is 57.3 Å². The van der Waals surface area contributed by atoms with Gasteiger partial charge in [0.05, 0.1) is 0 Å². The van der Waals surface area contributed by atoms with Crippen molar-refractivity contribution in [3.8, 4) is 5.75 Å². The molecule has 0 saturated heterocycles. The van der Waals surface area contributed by atoms with Crippen molar-refractivity contribution in [2.24, 2.45) is 0 Å². The molecule has 0 amide bonds. The Balaban J connectivity index is 2.36. The first-order chi connectivity index (χ1) is 8.65. The summed E-state index contributed by atoms with van der Waals surface area (Å²) < 4.78 is 0. The van der Waals surface area contributed by atoms with Crippen molar-refractivity contribution in [2.75, 3.05) is 0 Å². The molecule has 1 heteroatoms. The first-order valence-electron chi connectivity index (χ1n) is 6.30. The predicted octanol–water partition coefficient (Wildman–Crippen LogP) is 4.82. The molecule has 0 aliphatic rings. The second-order valence-electron chi connectivity index (χ2n) is 5.11. The molecule has 0 bridgehead atoms. The molecule has 90 valence electrons. The van der Waals surface area contributed by atoms with E-state index in [1.165, 1.54) is 16.2 Å². The molecule has 1 nitrogen and oxygen atoms in total. The van der Waals surface area contributed by atoms with Crippen LogP contribution in [0, 0.1) is 0 Å². The van der Waals surface area contributed by atoms with E-state index < -0.39 is 0 Å². The van der Waals surface area contributed by atoms with E-state index in [2.05, 4.69) is 50.2 Å². The Morgan fingerprint density at radius 3 is 1.89 bits per heavy atom. The minimum absolute atomic E-state index is 0.334. The summed E-state index contributed by atoms with van der Waals surface area (Å²) in [6.45, 7) is 4.20. The highest BCUT2D eigenvalue weighted by atomic mass is 16.3. The van der Waals surface area contributed by atoms with Crippen molar-refractivity contribution in [3.05, 3.63) is 54.1 Å². The van der Waals surface area contributed by atoms with Crippen LogP contribution < -0.4 is 0 Å². The number of fused-ring (bicyclic) bond motifs is 2. The molecule has 0 unspecified atom stereocenters. The highest BCUT2D eigenvalue weighted by Crippen LogP contribution is 2.32. The second kappa shape index (κ2) is 4.02. The van der Waals surface area contributed by atoms with Gasteiger partial charge in [-0.3, -0.25) is 0 Å². The molecule has 0 heterocycles. The maximum Gasteiger partial charge on any atom is 0.119 e. The van der Waals surface area contributed by atoms with Crippen molar-refractivity contribution in [3.63, 3.8) is 0 Å². The molecular weight excluding hydrogens is 220 g/mol. The van der Waals surface area contributed by atoms with Crippen LogP contribution in [0.4, 0.5) is 0 Å². The molecule has 3 rings (SSSR count). The summed E-state index contributed by atoms with van der Waals surface area (Å²) in [6, 6.07) is 16.6. The van der Waals surface area contributed by atoms with Crippen LogP contribution in [0.3, 0.4) is 0 Å². The molecule has 0 saturated carbocycles. The summed E-state index contributed by atoms with van der Waals surface area (Å²) in [7, 11) is 0. The van der Waals surface area contributed by atoms with E-state index >= 15 is 0 Å². The normalized spacial score (nSPS) is 11.5. The molecule has 0 spiro atoms. The summed E-state index contributed by atoms with van der Waals surface area (Å²) in [5.41, 5.74) is 1.01. The fourth-order valence-corrected chi connectivity index (χ4v) is 2.46. The zero-order valence-corrected chi connectivity index (χ0v) is 10.6. The number of phenols is 1. The Bertz CT molecular complexity index is 726. The van der Waals surface area contributed by atoms with E-state index in [0.717, 1.165) is 10.9 Å². The number of hydrogen-bond acceptors (Lipinski definition) is 1. The largest absolute Gasteiger partial charge is 0.508 e. The molecule has 18 heavy (non-hydrogen) atoms.